The molecule has 1 aromatic carbocycles. The predicted molar refractivity (Wildman–Crippen MR) is 94.0 cm³/mol. The Morgan fingerprint density at radius 1 is 1.11 bits per heavy atom. The number of piperazine rings is 1. The van der Waals surface area contributed by atoms with Gasteiger partial charge in [0, 0.05) is 31.7 Å². The van der Waals surface area contributed by atoms with Crippen molar-refractivity contribution in [2.45, 2.75) is 18.7 Å². The molecule has 2 aromatic rings. The summed E-state index contributed by atoms with van der Waals surface area (Å²) < 4.78 is 31.9. The van der Waals surface area contributed by atoms with Gasteiger partial charge in [-0.15, -0.1) is 0 Å². The molecule has 144 valence electrons. The van der Waals surface area contributed by atoms with E-state index < -0.39 is 16.0 Å². The first kappa shape index (κ1) is 19.1. The van der Waals surface area contributed by atoms with Gasteiger partial charge in [-0.3, -0.25) is 4.79 Å². The maximum absolute atomic E-state index is 12.8. The average molecular weight is 393 g/mol. The molecule has 1 aliphatic heterocycles. The number of aryl methyl sites for hydroxylation is 2. The number of nitrogens with zero attached hydrogens (tertiary/aromatic N) is 3. The van der Waals surface area contributed by atoms with Crippen molar-refractivity contribution in [2.24, 2.45) is 0 Å². The standard InChI is InChI=1S/C17H19N3O6S/c1-11-15(12(2)26-18-11)27(24,25)20-8-6-19(7-9-20)16(21)13-4-3-5-14(10-13)17(22)23/h3-5,10H,6-9H2,1-2H3,(H,22,23). The van der Waals surface area contributed by atoms with Crippen LogP contribution in [0.1, 0.15) is 32.2 Å². The van der Waals surface area contributed by atoms with Crippen LogP contribution >= 0.6 is 0 Å². The van der Waals surface area contributed by atoms with Crippen LogP contribution in [0.3, 0.4) is 0 Å². The van der Waals surface area contributed by atoms with Crippen LogP contribution in [0.5, 0.6) is 0 Å². The second-order valence-electron chi connectivity index (χ2n) is 6.24. The Kier molecular flexibility index (Phi) is 5.03. The Labute approximate surface area is 156 Å². The lowest BCUT2D eigenvalue weighted by atomic mass is 10.1. The molecule has 27 heavy (non-hydrogen) atoms. The van der Waals surface area contributed by atoms with Gasteiger partial charge in [0.25, 0.3) is 5.91 Å². The van der Waals surface area contributed by atoms with E-state index in [1.165, 1.54) is 27.4 Å². The van der Waals surface area contributed by atoms with Gasteiger partial charge in [0.2, 0.25) is 10.0 Å². The minimum absolute atomic E-state index is 0.0282. The smallest absolute Gasteiger partial charge is 0.335 e. The molecule has 0 spiro atoms. The van der Waals surface area contributed by atoms with Crippen molar-refractivity contribution in [3.8, 4) is 0 Å². The van der Waals surface area contributed by atoms with Crippen molar-refractivity contribution in [1.29, 1.82) is 0 Å². The fourth-order valence-electron chi connectivity index (χ4n) is 3.07. The van der Waals surface area contributed by atoms with Gasteiger partial charge >= 0.3 is 5.97 Å². The fraction of sp³-hybridized carbons (Fsp3) is 0.353. The summed E-state index contributed by atoms with van der Waals surface area (Å²) in [6.45, 7) is 3.80. The third-order valence-corrected chi connectivity index (χ3v) is 6.59. The van der Waals surface area contributed by atoms with Gasteiger partial charge in [0.05, 0.1) is 5.56 Å². The summed E-state index contributed by atoms with van der Waals surface area (Å²) in [7, 11) is -3.75. The van der Waals surface area contributed by atoms with Gasteiger partial charge in [0.1, 0.15) is 10.6 Å². The number of carbonyl (C=O) groups is 2. The highest BCUT2D eigenvalue weighted by atomic mass is 32.2. The summed E-state index contributed by atoms with van der Waals surface area (Å²) in [5.41, 5.74) is 0.592. The molecule has 1 aliphatic rings. The Bertz CT molecular complexity index is 970. The summed E-state index contributed by atoms with van der Waals surface area (Å²) in [4.78, 5) is 25.3. The van der Waals surface area contributed by atoms with Crippen LogP contribution in [-0.4, -0.2) is 65.9 Å². The van der Waals surface area contributed by atoms with Crippen molar-refractivity contribution in [2.75, 3.05) is 26.2 Å². The van der Waals surface area contributed by atoms with E-state index in [1.54, 1.807) is 19.9 Å². The number of hydrogen-bond donors (Lipinski definition) is 1. The molecule has 1 fully saturated rings. The highest BCUT2D eigenvalue weighted by Crippen LogP contribution is 2.24. The fourth-order valence-corrected chi connectivity index (χ4v) is 4.78. The number of rotatable bonds is 4. The molecule has 1 N–H and O–H groups in total. The lowest BCUT2D eigenvalue weighted by molar-refractivity contribution is 0.0696. The van der Waals surface area contributed by atoms with Gasteiger partial charge in [-0.05, 0) is 32.0 Å². The first-order valence-electron chi connectivity index (χ1n) is 8.27. The van der Waals surface area contributed by atoms with Gasteiger partial charge in [0.15, 0.2) is 5.76 Å². The molecule has 0 aliphatic carbocycles. The van der Waals surface area contributed by atoms with Gasteiger partial charge in [-0.1, -0.05) is 11.2 Å². The normalized spacial score (nSPS) is 15.7. The van der Waals surface area contributed by atoms with Crippen molar-refractivity contribution in [3.05, 3.63) is 46.8 Å². The van der Waals surface area contributed by atoms with Crippen molar-refractivity contribution in [3.63, 3.8) is 0 Å². The molecule has 2 heterocycles. The second kappa shape index (κ2) is 7.12. The first-order chi connectivity index (χ1) is 12.7. The van der Waals surface area contributed by atoms with Crippen LogP contribution in [0.25, 0.3) is 0 Å². The van der Waals surface area contributed by atoms with Crippen LogP contribution in [0.15, 0.2) is 33.7 Å². The largest absolute Gasteiger partial charge is 0.478 e. The predicted octanol–water partition coefficient (Wildman–Crippen LogP) is 1.14. The zero-order valence-corrected chi connectivity index (χ0v) is 15.7. The molecule has 0 bridgehead atoms. The molecule has 3 rings (SSSR count). The van der Waals surface area contributed by atoms with Gasteiger partial charge < -0.3 is 14.5 Å². The van der Waals surface area contributed by atoms with Crippen LogP contribution in [-0.2, 0) is 10.0 Å². The highest BCUT2D eigenvalue weighted by molar-refractivity contribution is 7.89. The second-order valence-corrected chi connectivity index (χ2v) is 8.11. The van der Waals surface area contributed by atoms with E-state index >= 15 is 0 Å². The monoisotopic (exact) mass is 393 g/mol. The maximum Gasteiger partial charge on any atom is 0.335 e. The van der Waals surface area contributed by atoms with Crippen LogP contribution < -0.4 is 0 Å². The van der Waals surface area contributed by atoms with Gasteiger partial charge in [-0.2, -0.15) is 4.31 Å². The molecule has 1 amide bonds. The minimum atomic E-state index is -3.75. The number of carboxylic acids is 1. The van der Waals surface area contributed by atoms with E-state index in [0.717, 1.165) is 0 Å². The number of amides is 1. The molecular formula is C17H19N3O6S. The molecule has 1 saturated heterocycles. The minimum Gasteiger partial charge on any atom is -0.478 e. The lowest BCUT2D eigenvalue weighted by Gasteiger charge is -2.34. The Morgan fingerprint density at radius 2 is 1.74 bits per heavy atom. The number of carboxylic acid groups (broad SMARTS) is 1. The first-order valence-corrected chi connectivity index (χ1v) is 9.71. The summed E-state index contributed by atoms with van der Waals surface area (Å²) >= 11 is 0. The number of sulfonamides is 1. The average Bonchev–Trinajstić information content (AvgIpc) is 3.00. The van der Waals surface area contributed by atoms with E-state index in [-0.39, 0.29) is 53.9 Å². The third kappa shape index (κ3) is 3.58. The quantitative estimate of drug-likeness (QED) is 0.826. The zero-order valence-electron chi connectivity index (χ0n) is 14.9. The SMILES string of the molecule is Cc1noc(C)c1S(=O)(=O)N1CCN(C(=O)c2cccc(C(=O)O)c2)CC1. The Hall–Kier alpha value is -2.72. The lowest BCUT2D eigenvalue weighted by Crippen LogP contribution is -2.50. The molecule has 0 radical (unpaired) electrons. The molecular weight excluding hydrogens is 374 g/mol. The third-order valence-electron chi connectivity index (χ3n) is 4.45. The van der Waals surface area contributed by atoms with E-state index in [2.05, 4.69) is 5.16 Å². The summed E-state index contributed by atoms with van der Waals surface area (Å²) in [6, 6.07) is 5.78. The van der Waals surface area contributed by atoms with E-state index in [9.17, 15) is 18.0 Å². The summed E-state index contributed by atoms with van der Waals surface area (Å²) in [5.74, 6) is -1.20. The van der Waals surface area contributed by atoms with Crippen LogP contribution in [0, 0.1) is 13.8 Å². The van der Waals surface area contributed by atoms with Crippen molar-refractivity contribution < 1.29 is 27.6 Å². The molecule has 1 aromatic heterocycles. The molecule has 10 heteroatoms. The van der Waals surface area contributed by atoms with E-state index in [4.69, 9.17) is 9.63 Å². The molecule has 0 saturated carbocycles. The molecule has 0 unspecified atom stereocenters. The molecule has 0 atom stereocenters. The summed E-state index contributed by atoms with van der Waals surface area (Å²) in [6.07, 6.45) is 0. The highest BCUT2D eigenvalue weighted by Gasteiger charge is 2.34. The number of carbonyl (C=O) groups excluding carboxylic acids is 1. The number of benzene rings is 1. The summed E-state index contributed by atoms with van der Waals surface area (Å²) in [5, 5.41) is 12.7. The van der Waals surface area contributed by atoms with Gasteiger partial charge in [-0.25, -0.2) is 13.2 Å². The van der Waals surface area contributed by atoms with Crippen molar-refractivity contribution in [1.82, 2.24) is 14.4 Å². The van der Waals surface area contributed by atoms with Crippen LogP contribution in [0.2, 0.25) is 0 Å². The van der Waals surface area contributed by atoms with E-state index in [1.807, 2.05) is 0 Å². The Morgan fingerprint density at radius 3 is 2.30 bits per heavy atom. The number of aromatic nitrogens is 1. The van der Waals surface area contributed by atoms with E-state index in [0.29, 0.717) is 5.69 Å². The topological polar surface area (TPSA) is 121 Å². The number of aromatic carboxylic acids is 1. The zero-order chi connectivity index (χ0) is 19.8. The number of hydrogen-bond acceptors (Lipinski definition) is 6. The van der Waals surface area contributed by atoms with Crippen molar-refractivity contribution >= 4 is 21.9 Å². The Balaban J connectivity index is 1.73. The van der Waals surface area contributed by atoms with Crippen LogP contribution in [0.4, 0.5) is 0 Å². The molecule has 9 nitrogen and oxygen atoms in total. The maximum atomic E-state index is 12.8.